The molecule has 4 rings (SSSR count). The second-order valence-corrected chi connectivity index (χ2v) is 8.77. The summed E-state index contributed by atoms with van der Waals surface area (Å²) in [6.07, 6.45) is 0.921. The highest BCUT2D eigenvalue weighted by atomic mass is 16.5. The lowest BCUT2D eigenvalue weighted by molar-refractivity contribution is -0.122. The number of carbonyl (C=O) groups excluding carboxylic acids is 2. The Kier molecular flexibility index (Phi) is 6.94. The van der Waals surface area contributed by atoms with E-state index >= 15 is 0 Å². The maximum atomic E-state index is 12.8. The first-order valence-corrected chi connectivity index (χ1v) is 11.5. The van der Waals surface area contributed by atoms with Crippen molar-refractivity contribution in [2.45, 2.75) is 32.0 Å². The molecule has 0 unspecified atom stereocenters. The predicted octanol–water partition coefficient (Wildman–Crippen LogP) is 2.12. The Hall–Kier alpha value is -4.03. The normalized spacial score (nSPS) is 19.5. The van der Waals surface area contributed by atoms with Crippen LogP contribution in [0.1, 0.15) is 35.6 Å². The summed E-state index contributed by atoms with van der Waals surface area (Å²) in [5.74, 6) is 6.85. The van der Waals surface area contributed by atoms with Crippen LogP contribution >= 0.6 is 0 Å². The molecular formula is C26H29N5O4. The Morgan fingerprint density at radius 2 is 1.94 bits per heavy atom. The first-order chi connectivity index (χ1) is 16.9. The number of carbonyl (C=O) groups is 2. The van der Waals surface area contributed by atoms with Crippen molar-refractivity contribution in [2.75, 3.05) is 27.2 Å². The highest BCUT2D eigenvalue weighted by molar-refractivity contribution is 6.09. The molecule has 1 saturated heterocycles. The average molecular weight is 476 g/mol. The van der Waals surface area contributed by atoms with Gasteiger partial charge in [-0.3, -0.25) is 15.0 Å². The Morgan fingerprint density at radius 1 is 1.20 bits per heavy atom. The number of benzene rings is 2. The number of amidine groups is 1. The number of nitrogens with zero attached hydrogens (tertiary/aromatic N) is 3. The van der Waals surface area contributed by atoms with E-state index in [1.807, 2.05) is 42.3 Å². The Labute approximate surface area is 204 Å². The van der Waals surface area contributed by atoms with Gasteiger partial charge in [0.2, 0.25) is 0 Å². The second-order valence-electron chi connectivity index (χ2n) is 8.77. The molecule has 1 atom stereocenters. The summed E-state index contributed by atoms with van der Waals surface area (Å²) >= 11 is 0. The summed E-state index contributed by atoms with van der Waals surface area (Å²) in [5.41, 5.74) is 2.35. The van der Waals surface area contributed by atoms with E-state index in [1.165, 1.54) is 0 Å². The van der Waals surface area contributed by atoms with Gasteiger partial charge in [0.25, 0.3) is 5.91 Å². The molecule has 0 aromatic heterocycles. The molecule has 9 heteroatoms. The first-order valence-electron chi connectivity index (χ1n) is 11.5. The van der Waals surface area contributed by atoms with Crippen molar-refractivity contribution in [1.29, 1.82) is 0 Å². The van der Waals surface area contributed by atoms with Gasteiger partial charge in [0.1, 0.15) is 5.75 Å². The van der Waals surface area contributed by atoms with E-state index in [2.05, 4.69) is 39.5 Å². The summed E-state index contributed by atoms with van der Waals surface area (Å²) in [6, 6.07) is 12.6. The van der Waals surface area contributed by atoms with Gasteiger partial charge in [0.05, 0.1) is 7.11 Å². The fourth-order valence-corrected chi connectivity index (χ4v) is 4.42. The molecule has 3 amide bonds. The number of rotatable bonds is 6. The maximum absolute atomic E-state index is 12.8. The number of oxime groups is 1. The van der Waals surface area contributed by atoms with Crippen LogP contribution in [0.15, 0.2) is 47.6 Å². The summed E-state index contributed by atoms with van der Waals surface area (Å²) in [6.45, 7) is 4.33. The number of amides is 3. The lowest BCUT2D eigenvalue weighted by Crippen LogP contribution is -2.53. The number of fused-ring (bicyclic) bond motifs is 1. The van der Waals surface area contributed by atoms with Crippen LogP contribution in [-0.4, -0.2) is 65.6 Å². The van der Waals surface area contributed by atoms with Crippen molar-refractivity contribution < 1.29 is 19.5 Å². The highest BCUT2D eigenvalue weighted by Gasteiger charge is 2.47. The molecule has 35 heavy (non-hydrogen) atoms. The summed E-state index contributed by atoms with van der Waals surface area (Å²) in [5, 5.41) is 17.9. The quantitative estimate of drug-likeness (QED) is 0.148. The molecule has 182 valence electrons. The molecule has 0 saturated carbocycles. The van der Waals surface area contributed by atoms with Gasteiger partial charge in [-0.1, -0.05) is 30.0 Å². The minimum atomic E-state index is -1.36. The average Bonchev–Trinajstić information content (AvgIpc) is 3.37. The smallest absolute Gasteiger partial charge is 0.323 e. The molecular weight excluding hydrogens is 446 g/mol. The van der Waals surface area contributed by atoms with E-state index in [4.69, 9.17) is 4.74 Å². The van der Waals surface area contributed by atoms with Crippen molar-refractivity contribution in [3.63, 3.8) is 0 Å². The molecule has 2 aliphatic heterocycles. The summed E-state index contributed by atoms with van der Waals surface area (Å²) < 4.78 is 5.32. The Bertz CT molecular complexity index is 1210. The van der Waals surface area contributed by atoms with Gasteiger partial charge in [-0.15, -0.1) is 0 Å². The number of methoxy groups -OCH3 is 1. The van der Waals surface area contributed by atoms with E-state index in [0.717, 1.165) is 35.4 Å². The zero-order valence-electron chi connectivity index (χ0n) is 20.1. The molecule has 2 aromatic carbocycles. The van der Waals surface area contributed by atoms with Crippen LogP contribution in [0.5, 0.6) is 5.75 Å². The van der Waals surface area contributed by atoms with Crippen LogP contribution in [0.2, 0.25) is 0 Å². The van der Waals surface area contributed by atoms with E-state index in [-0.39, 0.29) is 6.54 Å². The standard InChI is InChI=1S/C26H29N5O4/c1-4-13-30(2)23(29-34)19-7-5-18(6-8-19)11-12-26(24(32)27-25(33)28-26)17-31-15-20-9-10-22(35-3)14-21(20)16-31/h5-10,14,34H,4,13,15-17H2,1-3H3,(H2,27,28,32,33)/b29-23+/t26-/m1/s1. The Balaban J connectivity index is 1.54. The monoisotopic (exact) mass is 475 g/mol. The summed E-state index contributed by atoms with van der Waals surface area (Å²) in [7, 11) is 3.50. The van der Waals surface area contributed by atoms with E-state index in [9.17, 15) is 14.8 Å². The third kappa shape index (κ3) is 5.08. The van der Waals surface area contributed by atoms with Crippen LogP contribution in [0, 0.1) is 11.8 Å². The van der Waals surface area contributed by atoms with Crippen LogP contribution in [0.25, 0.3) is 0 Å². The predicted molar refractivity (Wildman–Crippen MR) is 131 cm³/mol. The number of nitrogens with one attached hydrogen (secondary N) is 2. The van der Waals surface area contributed by atoms with Crippen molar-refractivity contribution in [1.82, 2.24) is 20.4 Å². The lowest BCUT2D eigenvalue weighted by Gasteiger charge is -2.26. The minimum Gasteiger partial charge on any atom is -0.497 e. The fraction of sp³-hybridized carbons (Fsp3) is 0.346. The fourth-order valence-electron chi connectivity index (χ4n) is 4.42. The Morgan fingerprint density at radius 3 is 2.57 bits per heavy atom. The third-order valence-corrected chi connectivity index (χ3v) is 6.18. The van der Waals surface area contributed by atoms with Crippen molar-refractivity contribution in [3.8, 4) is 17.6 Å². The molecule has 0 spiro atoms. The highest BCUT2D eigenvalue weighted by Crippen LogP contribution is 2.28. The lowest BCUT2D eigenvalue weighted by atomic mass is 9.99. The maximum Gasteiger partial charge on any atom is 0.323 e. The molecule has 1 fully saturated rings. The zero-order valence-corrected chi connectivity index (χ0v) is 20.1. The van der Waals surface area contributed by atoms with Crippen molar-refractivity contribution >= 4 is 17.8 Å². The van der Waals surface area contributed by atoms with Crippen LogP contribution in [0.4, 0.5) is 4.79 Å². The largest absolute Gasteiger partial charge is 0.497 e. The van der Waals surface area contributed by atoms with E-state index in [0.29, 0.717) is 24.5 Å². The number of urea groups is 1. The molecule has 2 heterocycles. The molecule has 2 aromatic rings. The van der Waals surface area contributed by atoms with Crippen LogP contribution < -0.4 is 15.4 Å². The van der Waals surface area contributed by atoms with Crippen LogP contribution in [-0.2, 0) is 17.9 Å². The van der Waals surface area contributed by atoms with Gasteiger partial charge in [-0.05, 0) is 53.9 Å². The topological polar surface area (TPSA) is 106 Å². The number of hydrogen-bond acceptors (Lipinski definition) is 6. The zero-order chi connectivity index (χ0) is 25.0. The van der Waals surface area contributed by atoms with E-state index in [1.54, 1.807) is 19.2 Å². The number of ether oxygens (including phenoxy) is 1. The first kappa shape index (κ1) is 24.1. The van der Waals surface area contributed by atoms with Crippen molar-refractivity contribution in [2.24, 2.45) is 5.16 Å². The second kappa shape index (κ2) is 10.1. The molecule has 0 aliphatic carbocycles. The molecule has 2 aliphatic rings. The van der Waals surface area contributed by atoms with Gasteiger partial charge < -0.3 is 20.2 Å². The van der Waals surface area contributed by atoms with Crippen LogP contribution in [0.3, 0.4) is 0 Å². The minimum absolute atomic E-state index is 0.246. The van der Waals surface area contributed by atoms with Gasteiger partial charge in [0, 0.05) is 44.4 Å². The molecule has 9 nitrogen and oxygen atoms in total. The van der Waals surface area contributed by atoms with Gasteiger partial charge in [-0.25, -0.2) is 4.79 Å². The van der Waals surface area contributed by atoms with Gasteiger partial charge in [0.15, 0.2) is 11.4 Å². The number of imide groups is 1. The summed E-state index contributed by atoms with van der Waals surface area (Å²) in [4.78, 5) is 28.8. The van der Waals surface area contributed by atoms with Crippen molar-refractivity contribution in [3.05, 3.63) is 64.7 Å². The third-order valence-electron chi connectivity index (χ3n) is 6.18. The van der Waals surface area contributed by atoms with Gasteiger partial charge >= 0.3 is 6.03 Å². The molecule has 0 bridgehead atoms. The molecule has 0 radical (unpaired) electrons. The molecule has 3 N–H and O–H groups in total. The van der Waals surface area contributed by atoms with Gasteiger partial charge in [-0.2, -0.15) is 0 Å². The SMILES string of the molecule is CCCN(C)/C(=N/O)c1ccc(C#C[C@]2(CN3Cc4ccc(OC)cc4C3)NC(=O)NC2=O)cc1. The number of hydrogen-bond donors (Lipinski definition) is 3. The van der Waals surface area contributed by atoms with E-state index < -0.39 is 17.5 Å².